The van der Waals surface area contributed by atoms with Crippen LogP contribution in [0.25, 0.3) is 0 Å². The van der Waals surface area contributed by atoms with Gasteiger partial charge in [0.1, 0.15) is 0 Å². The highest BCUT2D eigenvalue weighted by Crippen LogP contribution is 2.32. The van der Waals surface area contributed by atoms with Crippen LogP contribution >= 0.6 is 22.6 Å². The first-order valence-corrected chi connectivity index (χ1v) is 9.05. The van der Waals surface area contributed by atoms with Gasteiger partial charge in [-0.2, -0.15) is 13.2 Å². The molecule has 2 aromatic carbocycles. The van der Waals surface area contributed by atoms with Gasteiger partial charge in [-0.3, -0.25) is 9.59 Å². The molecule has 0 saturated carbocycles. The molecule has 27 heavy (non-hydrogen) atoms. The van der Waals surface area contributed by atoms with Crippen molar-refractivity contribution in [3.8, 4) is 0 Å². The van der Waals surface area contributed by atoms with Crippen LogP contribution in [-0.4, -0.2) is 17.4 Å². The summed E-state index contributed by atoms with van der Waals surface area (Å²) in [5.41, 5.74) is -0.545. The lowest BCUT2D eigenvalue weighted by Gasteiger charge is -2.20. The zero-order valence-corrected chi connectivity index (χ0v) is 17.0. The van der Waals surface area contributed by atoms with E-state index < -0.39 is 23.2 Å². The second-order valence-corrected chi connectivity index (χ2v) is 8.09. The minimum Gasteiger partial charge on any atom is -0.347 e. The molecule has 0 fully saturated rings. The average molecular weight is 490 g/mol. The Labute approximate surface area is 168 Å². The molecule has 0 unspecified atom stereocenters. The van der Waals surface area contributed by atoms with Gasteiger partial charge in [0.05, 0.1) is 11.3 Å². The number of benzene rings is 2. The zero-order valence-electron chi connectivity index (χ0n) is 14.9. The standard InChI is InChI=1S/C19H18F3IN2O2/c1-18(2,3)25-17(27)12-6-4-11(5-7-12)16(26)24-15-10-13(19(20,21)22)8-9-14(15)23/h4-10H,1-3H3,(H,24,26)(H,25,27). The molecule has 0 aliphatic heterocycles. The molecule has 0 radical (unpaired) electrons. The third kappa shape index (κ3) is 5.95. The van der Waals surface area contributed by atoms with E-state index in [9.17, 15) is 22.8 Å². The summed E-state index contributed by atoms with van der Waals surface area (Å²) in [5, 5.41) is 5.28. The lowest BCUT2D eigenvalue weighted by atomic mass is 10.1. The average Bonchev–Trinajstić information content (AvgIpc) is 2.54. The predicted octanol–water partition coefficient (Wildman–Crippen LogP) is 5.09. The summed E-state index contributed by atoms with van der Waals surface area (Å²) in [5.74, 6) is -0.836. The smallest absolute Gasteiger partial charge is 0.347 e. The largest absolute Gasteiger partial charge is 0.416 e. The lowest BCUT2D eigenvalue weighted by Crippen LogP contribution is -2.40. The highest BCUT2D eigenvalue weighted by Gasteiger charge is 2.31. The molecule has 0 spiro atoms. The molecule has 2 N–H and O–H groups in total. The van der Waals surface area contributed by atoms with E-state index in [4.69, 9.17) is 0 Å². The quantitative estimate of drug-likeness (QED) is 0.590. The summed E-state index contributed by atoms with van der Waals surface area (Å²) in [6, 6.07) is 9.03. The van der Waals surface area contributed by atoms with Crippen molar-refractivity contribution < 1.29 is 22.8 Å². The van der Waals surface area contributed by atoms with Crippen molar-refractivity contribution in [3.63, 3.8) is 0 Å². The number of hydrogen-bond acceptors (Lipinski definition) is 2. The fraction of sp³-hybridized carbons (Fsp3) is 0.263. The fourth-order valence-corrected chi connectivity index (χ4v) is 2.65. The summed E-state index contributed by atoms with van der Waals surface area (Å²) in [4.78, 5) is 24.4. The van der Waals surface area contributed by atoms with Crippen molar-refractivity contribution in [2.75, 3.05) is 5.32 Å². The van der Waals surface area contributed by atoms with Crippen molar-refractivity contribution in [3.05, 3.63) is 62.7 Å². The van der Waals surface area contributed by atoms with Crippen LogP contribution in [-0.2, 0) is 6.18 Å². The maximum Gasteiger partial charge on any atom is 0.416 e. The zero-order chi connectivity index (χ0) is 20.4. The third-order valence-corrected chi connectivity index (χ3v) is 4.38. The van der Waals surface area contributed by atoms with Gasteiger partial charge in [-0.25, -0.2) is 0 Å². The Morgan fingerprint density at radius 2 is 1.41 bits per heavy atom. The molecule has 0 saturated heterocycles. The number of hydrogen-bond donors (Lipinski definition) is 2. The van der Waals surface area contributed by atoms with E-state index in [-0.39, 0.29) is 17.2 Å². The maximum absolute atomic E-state index is 12.8. The van der Waals surface area contributed by atoms with Crippen molar-refractivity contribution in [1.82, 2.24) is 5.32 Å². The number of alkyl halides is 3. The van der Waals surface area contributed by atoms with Crippen molar-refractivity contribution in [2.24, 2.45) is 0 Å². The molecule has 0 bridgehead atoms. The molecule has 0 heterocycles. The van der Waals surface area contributed by atoms with Gasteiger partial charge in [0.25, 0.3) is 11.8 Å². The lowest BCUT2D eigenvalue weighted by molar-refractivity contribution is -0.137. The van der Waals surface area contributed by atoms with Gasteiger partial charge in [-0.15, -0.1) is 0 Å². The summed E-state index contributed by atoms with van der Waals surface area (Å²) >= 11 is 1.85. The molecule has 0 aliphatic carbocycles. The molecule has 4 nitrogen and oxygen atoms in total. The molecule has 2 amide bonds. The van der Waals surface area contributed by atoms with Crippen LogP contribution in [0.15, 0.2) is 42.5 Å². The van der Waals surface area contributed by atoms with Gasteiger partial charge in [-0.05, 0) is 85.8 Å². The Kier molecular flexibility index (Phi) is 6.18. The summed E-state index contributed by atoms with van der Waals surface area (Å²) in [6.07, 6.45) is -4.49. The molecular weight excluding hydrogens is 472 g/mol. The van der Waals surface area contributed by atoms with Crippen LogP contribution in [0.3, 0.4) is 0 Å². The summed E-state index contributed by atoms with van der Waals surface area (Å²) in [7, 11) is 0. The monoisotopic (exact) mass is 490 g/mol. The normalized spacial score (nSPS) is 11.8. The number of carbonyl (C=O) groups excluding carboxylic acids is 2. The minimum atomic E-state index is -4.49. The van der Waals surface area contributed by atoms with Gasteiger partial charge in [0.15, 0.2) is 0 Å². The number of anilines is 1. The molecule has 2 aromatic rings. The van der Waals surface area contributed by atoms with Crippen LogP contribution in [0.1, 0.15) is 47.1 Å². The van der Waals surface area contributed by atoms with E-state index in [0.29, 0.717) is 9.13 Å². The number of carbonyl (C=O) groups is 2. The maximum atomic E-state index is 12.8. The van der Waals surface area contributed by atoms with Crippen LogP contribution in [0.5, 0.6) is 0 Å². The Morgan fingerprint density at radius 3 is 1.89 bits per heavy atom. The van der Waals surface area contributed by atoms with Crippen molar-refractivity contribution >= 4 is 40.1 Å². The Balaban J connectivity index is 2.16. The molecule has 8 heteroatoms. The number of halogens is 4. The van der Waals surface area contributed by atoms with E-state index in [2.05, 4.69) is 10.6 Å². The van der Waals surface area contributed by atoms with Gasteiger partial charge in [0.2, 0.25) is 0 Å². The number of amides is 2. The predicted molar refractivity (Wildman–Crippen MR) is 106 cm³/mol. The topological polar surface area (TPSA) is 58.2 Å². The van der Waals surface area contributed by atoms with E-state index >= 15 is 0 Å². The van der Waals surface area contributed by atoms with Crippen LogP contribution < -0.4 is 10.6 Å². The van der Waals surface area contributed by atoms with Crippen LogP contribution in [0.4, 0.5) is 18.9 Å². The summed E-state index contributed by atoms with van der Waals surface area (Å²) in [6.45, 7) is 5.55. The molecule has 2 rings (SSSR count). The highest BCUT2D eigenvalue weighted by atomic mass is 127. The molecule has 0 aromatic heterocycles. The van der Waals surface area contributed by atoms with Crippen LogP contribution in [0, 0.1) is 3.57 Å². The number of rotatable bonds is 3. The van der Waals surface area contributed by atoms with E-state index in [1.165, 1.54) is 30.3 Å². The van der Waals surface area contributed by atoms with Crippen LogP contribution in [0.2, 0.25) is 0 Å². The second-order valence-electron chi connectivity index (χ2n) is 6.93. The Morgan fingerprint density at radius 1 is 0.889 bits per heavy atom. The first kappa shape index (κ1) is 21.2. The highest BCUT2D eigenvalue weighted by molar-refractivity contribution is 14.1. The first-order valence-electron chi connectivity index (χ1n) is 7.97. The second kappa shape index (κ2) is 7.87. The van der Waals surface area contributed by atoms with Gasteiger partial charge < -0.3 is 10.6 Å². The van der Waals surface area contributed by atoms with Gasteiger partial charge >= 0.3 is 6.18 Å². The molecular formula is C19H18F3IN2O2. The van der Waals surface area contributed by atoms with E-state index in [1.807, 2.05) is 43.4 Å². The van der Waals surface area contributed by atoms with Gasteiger partial charge in [-0.1, -0.05) is 0 Å². The SMILES string of the molecule is CC(C)(C)NC(=O)c1ccc(C(=O)Nc2cc(C(F)(F)F)ccc2I)cc1. The Hall–Kier alpha value is -2.10. The summed E-state index contributed by atoms with van der Waals surface area (Å²) < 4.78 is 39.0. The fourth-order valence-electron chi connectivity index (χ4n) is 2.18. The van der Waals surface area contributed by atoms with Gasteiger partial charge in [0, 0.05) is 20.2 Å². The van der Waals surface area contributed by atoms with E-state index in [1.54, 1.807) is 0 Å². The molecule has 0 atom stereocenters. The van der Waals surface area contributed by atoms with Crippen molar-refractivity contribution in [1.29, 1.82) is 0 Å². The Bertz CT molecular complexity index is 857. The third-order valence-electron chi connectivity index (χ3n) is 3.44. The molecule has 144 valence electrons. The van der Waals surface area contributed by atoms with Crippen molar-refractivity contribution in [2.45, 2.75) is 32.5 Å². The number of nitrogens with one attached hydrogen (secondary N) is 2. The molecule has 0 aliphatic rings. The minimum absolute atomic E-state index is 0.0741. The van der Waals surface area contributed by atoms with E-state index in [0.717, 1.165) is 12.1 Å². The first-order chi connectivity index (χ1) is 12.4.